The third-order valence-corrected chi connectivity index (χ3v) is 7.90. The molecule has 0 amide bonds. The maximum atomic E-state index is 9.85. The Balaban J connectivity index is 1.25. The number of aromatic hydroxyl groups is 1. The van der Waals surface area contributed by atoms with Crippen LogP contribution in [0.5, 0.6) is 17.2 Å². The molecule has 3 aromatic rings. The molecule has 0 spiro atoms. The van der Waals surface area contributed by atoms with Gasteiger partial charge in [-0.3, -0.25) is 4.90 Å². The van der Waals surface area contributed by atoms with Crippen LogP contribution in [0.3, 0.4) is 0 Å². The van der Waals surface area contributed by atoms with Crippen LogP contribution in [0.1, 0.15) is 41.0 Å². The molecule has 1 aliphatic rings. The summed E-state index contributed by atoms with van der Waals surface area (Å²) < 4.78 is 22.0. The van der Waals surface area contributed by atoms with Crippen molar-refractivity contribution >= 4 is 5.69 Å². The molecular weight excluding hydrogens is 516 g/mol. The van der Waals surface area contributed by atoms with Gasteiger partial charge >= 0.3 is 0 Å². The second-order valence-corrected chi connectivity index (χ2v) is 10.7. The quantitative estimate of drug-likeness (QED) is 0.205. The van der Waals surface area contributed by atoms with Gasteiger partial charge in [0.25, 0.3) is 0 Å². The number of hydrogen-bond acceptors (Lipinski definition) is 7. The molecule has 3 aromatic carbocycles. The first-order valence-corrected chi connectivity index (χ1v) is 14.7. The van der Waals surface area contributed by atoms with Crippen LogP contribution in [0.4, 0.5) is 5.69 Å². The zero-order valence-corrected chi connectivity index (χ0v) is 24.9. The summed E-state index contributed by atoms with van der Waals surface area (Å²) in [5.41, 5.74) is 6.41. The van der Waals surface area contributed by atoms with Crippen molar-refractivity contribution in [2.45, 2.75) is 38.0 Å². The summed E-state index contributed by atoms with van der Waals surface area (Å²) in [6, 6.07) is 20.7. The molecular formula is C34H46N2O5. The number of ether oxygens (including phenoxy) is 4. The first-order valence-electron chi connectivity index (χ1n) is 14.7. The number of benzene rings is 3. The van der Waals surface area contributed by atoms with Gasteiger partial charge in [-0.15, -0.1) is 0 Å². The van der Waals surface area contributed by atoms with Crippen LogP contribution in [0.25, 0.3) is 0 Å². The Morgan fingerprint density at radius 2 is 1.56 bits per heavy atom. The van der Waals surface area contributed by atoms with Gasteiger partial charge < -0.3 is 29.4 Å². The highest BCUT2D eigenvalue weighted by atomic mass is 16.5. The normalized spacial score (nSPS) is 14.6. The fourth-order valence-electron chi connectivity index (χ4n) is 5.52. The summed E-state index contributed by atoms with van der Waals surface area (Å²) in [4.78, 5) is 2.29. The van der Waals surface area contributed by atoms with Gasteiger partial charge in [0.2, 0.25) is 0 Å². The number of nitrogens with zero attached hydrogens (tertiary/aromatic N) is 1. The minimum absolute atomic E-state index is 0.356. The van der Waals surface area contributed by atoms with Gasteiger partial charge in [-0.05, 0) is 90.6 Å². The van der Waals surface area contributed by atoms with Crippen LogP contribution in [0.2, 0.25) is 0 Å². The van der Waals surface area contributed by atoms with Crippen molar-refractivity contribution in [2.75, 3.05) is 72.6 Å². The topological polar surface area (TPSA) is 72.4 Å². The molecule has 0 saturated heterocycles. The lowest BCUT2D eigenvalue weighted by atomic mass is 9.79. The van der Waals surface area contributed by atoms with E-state index in [1.807, 2.05) is 6.07 Å². The fraction of sp³-hybridized carbons (Fsp3) is 0.471. The van der Waals surface area contributed by atoms with Gasteiger partial charge in [-0.1, -0.05) is 24.3 Å². The summed E-state index contributed by atoms with van der Waals surface area (Å²) in [5, 5.41) is 13.6. The third kappa shape index (κ3) is 9.38. The summed E-state index contributed by atoms with van der Waals surface area (Å²) >= 11 is 0. The number of phenolic OH excluding ortho intramolecular Hbond substituents is 1. The van der Waals surface area contributed by atoms with E-state index in [0.717, 1.165) is 75.5 Å². The van der Waals surface area contributed by atoms with Crippen LogP contribution in [0.15, 0.2) is 60.7 Å². The molecule has 1 unspecified atom stereocenters. The van der Waals surface area contributed by atoms with Crippen molar-refractivity contribution in [1.82, 2.24) is 4.90 Å². The number of rotatable bonds is 17. The third-order valence-electron chi connectivity index (χ3n) is 7.90. The van der Waals surface area contributed by atoms with E-state index in [0.29, 0.717) is 31.5 Å². The number of nitrogens with one attached hydrogen (secondary N) is 1. The lowest BCUT2D eigenvalue weighted by molar-refractivity contribution is 0.104. The zero-order valence-electron chi connectivity index (χ0n) is 24.9. The maximum Gasteiger partial charge on any atom is 0.120 e. The molecule has 1 atom stereocenters. The standard InChI is InChI=1S/C34H46N2O5/c1-38-20-17-36(18-21-39-2)19-22-41-31-12-6-26(7-13-31)5-4-16-35-34-25-32(40-3)14-15-33(34)29-9-8-28-24-30(37)11-10-27(28)23-29/h6-7,10-15,24-25,29,35,37H,4-5,8-9,16-23H2,1-3H3. The number of aryl methyl sites for hydroxylation is 2. The van der Waals surface area contributed by atoms with Crippen molar-refractivity contribution in [1.29, 1.82) is 0 Å². The Labute approximate surface area is 245 Å². The smallest absolute Gasteiger partial charge is 0.120 e. The van der Waals surface area contributed by atoms with Gasteiger partial charge in [0, 0.05) is 52.2 Å². The number of anilines is 1. The molecule has 4 rings (SSSR count). The minimum Gasteiger partial charge on any atom is -0.508 e. The van der Waals surface area contributed by atoms with E-state index in [4.69, 9.17) is 18.9 Å². The second-order valence-electron chi connectivity index (χ2n) is 10.7. The number of methoxy groups -OCH3 is 3. The first kappa shape index (κ1) is 30.7. The predicted octanol–water partition coefficient (Wildman–Crippen LogP) is 5.69. The Morgan fingerprint density at radius 3 is 2.29 bits per heavy atom. The minimum atomic E-state index is 0.356. The fourth-order valence-corrected chi connectivity index (χ4v) is 5.52. The van der Waals surface area contributed by atoms with E-state index < -0.39 is 0 Å². The van der Waals surface area contributed by atoms with Gasteiger partial charge in [0.15, 0.2) is 0 Å². The van der Waals surface area contributed by atoms with E-state index in [1.165, 1.54) is 22.3 Å². The number of hydrogen-bond donors (Lipinski definition) is 2. The largest absolute Gasteiger partial charge is 0.508 e. The highest BCUT2D eigenvalue weighted by Crippen LogP contribution is 2.38. The predicted molar refractivity (Wildman–Crippen MR) is 165 cm³/mol. The van der Waals surface area contributed by atoms with Crippen molar-refractivity contribution < 1.29 is 24.1 Å². The van der Waals surface area contributed by atoms with Crippen molar-refractivity contribution in [3.63, 3.8) is 0 Å². The van der Waals surface area contributed by atoms with Crippen molar-refractivity contribution in [3.8, 4) is 17.2 Å². The molecule has 0 heterocycles. The molecule has 0 saturated carbocycles. The Morgan fingerprint density at radius 1 is 0.829 bits per heavy atom. The van der Waals surface area contributed by atoms with Gasteiger partial charge in [-0.2, -0.15) is 0 Å². The van der Waals surface area contributed by atoms with Crippen LogP contribution in [0, 0.1) is 0 Å². The summed E-state index contributed by atoms with van der Waals surface area (Å²) in [7, 11) is 5.17. The van der Waals surface area contributed by atoms with Crippen LogP contribution >= 0.6 is 0 Å². The summed E-state index contributed by atoms with van der Waals surface area (Å²) in [6.07, 6.45) is 5.07. The van der Waals surface area contributed by atoms with E-state index in [2.05, 4.69) is 58.7 Å². The lowest BCUT2D eigenvalue weighted by Gasteiger charge is -2.27. The highest BCUT2D eigenvalue weighted by Gasteiger charge is 2.23. The molecule has 1 aliphatic carbocycles. The maximum absolute atomic E-state index is 9.85. The molecule has 0 radical (unpaired) electrons. The number of fused-ring (bicyclic) bond motifs is 1. The Bertz CT molecular complexity index is 1190. The molecule has 7 nitrogen and oxygen atoms in total. The van der Waals surface area contributed by atoms with Crippen molar-refractivity contribution in [2.24, 2.45) is 0 Å². The van der Waals surface area contributed by atoms with Gasteiger partial charge in [-0.25, -0.2) is 0 Å². The molecule has 0 fully saturated rings. The second kappa shape index (κ2) is 16.2. The van der Waals surface area contributed by atoms with Crippen molar-refractivity contribution in [3.05, 3.63) is 82.9 Å². The molecule has 0 aromatic heterocycles. The van der Waals surface area contributed by atoms with Gasteiger partial charge in [0.1, 0.15) is 23.9 Å². The van der Waals surface area contributed by atoms with E-state index in [1.54, 1.807) is 27.4 Å². The molecule has 0 aliphatic heterocycles. The van der Waals surface area contributed by atoms with E-state index in [-0.39, 0.29) is 0 Å². The summed E-state index contributed by atoms with van der Waals surface area (Å²) in [5.74, 6) is 2.57. The zero-order chi connectivity index (χ0) is 28.9. The van der Waals surface area contributed by atoms with Crippen LogP contribution in [-0.4, -0.2) is 77.3 Å². The monoisotopic (exact) mass is 562 g/mol. The first-order chi connectivity index (χ1) is 20.1. The SMILES string of the molecule is COCCN(CCOC)CCOc1ccc(CCCNc2cc(OC)ccc2C2CCc3cc(O)ccc3C2)cc1. The lowest BCUT2D eigenvalue weighted by Crippen LogP contribution is -2.34. The Hall–Kier alpha value is -3.26. The average molecular weight is 563 g/mol. The highest BCUT2D eigenvalue weighted by molar-refractivity contribution is 5.57. The molecule has 222 valence electrons. The molecule has 2 N–H and O–H groups in total. The molecule has 0 bridgehead atoms. The van der Waals surface area contributed by atoms with E-state index in [9.17, 15) is 5.11 Å². The Kier molecular flexibility index (Phi) is 12.2. The van der Waals surface area contributed by atoms with Crippen LogP contribution < -0.4 is 14.8 Å². The number of phenols is 1. The van der Waals surface area contributed by atoms with Gasteiger partial charge in [0.05, 0.1) is 20.3 Å². The van der Waals surface area contributed by atoms with E-state index >= 15 is 0 Å². The molecule has 7 heteroatoms. The summed E-state index contributed by atoms with van der Waals surface area (Å²) in [6.45, 7) is 5.49. The molecule has 41 heavy (non-hydrogen) atoms. The average Bonchev–Trinajstić information content (AvgIpc) is 3.00. The van der Waals surface area contributed by atoms with Crippen LogP contribution in [-0.2, 0) is 28.7 Å².